The molecule has 2 aliphatic rings. The first-order chi connectivity index (χ1) is 13.1. The van der Waals surface area contributed by atoms with Crippen molar-refractivity contribution in [3.05, 3.63) is 65.7 Å². The molecule has 7 heteroatoms. The maximum absolute atomic E-state index is 13.3. The number of fused-ring (bicyclic) bond motifs is 1. The minimum absolute atomic E-state index is 0.0270. The van der Waals surface area contributed by atoms with E-state index in [0.29, 0.717) is 38.3 Å². The lowest BCUT2D eigenvalue weighted by atomic mass is 10.1. The van der Waals surface area contributed by atoms with E-state index >= 15 is 0 Å². The number of likely N-dealkylation sites (tertiary alicyclic amines) is 1. The Morgan fingerprint density at radius 2 is 1.74 bits per heavy atom. The summed E-state index contributed by atoms with van der Waals surface area (Å²) in [6, 6.07) is 11.8. The zero-order chi connectivity index (χ0) is 18.8. The summed E-state index contributed by atoms with van der Waals surface area (Å²) in [6.45, 7) is 2.43. The lowest BCUT2D eigenvalue weighted by Gasteiger charge is -2.23. The van der Waals surface area contributed by atoms with Crippen LogP contribution in [0.4, 0.5) is 4.39 Å². The summed E-state index contributed by atoms with van der Waals surface area (Å²) in [4.78, 5) is 32.4. The number of amides is 2. The molecule has 0 radical (unpaired) electrons. The quantitative estimate of drug-likeness (QED) is 0.758. The van der Waals surface area contributed by atoms with Crippen molar-refractivity contribution < 1.29 is 18.7 Å². The Morgan fingerprint density at radius 1 is 1.00 bits per heavy atom. The SMILES string of the molecule is O=C(c1ccccc1)N1CCO[C@@H]2CN(C(=O)c3ccnc(F)c3)C[C@@H]2C1. The molecule has 0 spiro atoms. The lowest BCUT2D eigenvalue weighted by molar-refractivity contribution is 0.0477. The Hall–Kier alpha value is -2.80. The summed E-state index contributed by atoms with van der Waals surface area (Å²) < 4.78 is 19.2. The van der Waals surface area contributed by atoms with Crippen LogP contribution in [-0.2, 0) is 4.74 Å². The number of nitrogens with zero attached hydrogens (tertiary/aromatic N) is 3. The van der Waals surface area contributed by atoms with E-state index in [9.17, 15) is 14.0 Å². The van der Waals surface area contributed by atoms with E-state index in [4.69, 9.17) is 4.74 Å². The Balaban J connectivity index is 1.46. The van der Waals surface area contributed by atoms with Gasteiger partial charge < -0.3 is 14.5 Å². The molecule has 2 amide bonds. The van der Waals surface area contributed by atoms with E-state index in [-0.39, 0.29) is 29.4 Å². The summed E-state index contributed by atoms with van der Waals surface area (Å²) in [5.74, 6) is -0.907. The molecule has 27 heavy (non-hydrogen) atoms. The van der Waals surface area contributed by atoms with Crippen LogP contribution in [0.15, 0.2) is 48.7 Å². The zero-order valence-electron chi connectivity index (χ0n) is 14.8. The van der Waals surface area contributed by atoms with Gasteiger partial charge in [0.25, 0.3) is 11.8 Å². The third-order valence-electron chi connectivity index (χ3n) is 5.10. The van der Waals surface area contributed by atoms with Crippen LogP contribution in [-0.4, -0.2) is 65.5 Å². The molecule has 1 aromatic heterocycles. The predicted molar refractivity (Wildman–Crippen MR) is 95.7 cm³/mol. The number of rotatable bonds is 2. The van der Waals surface area contributed by atoms with Gasteiger partial charge in [0.2, 0.25) is 5.95 Å². The number of pyridine rings is 1. The first kappa shape index (κ1) is 17.6. The number of halogens is 1. The van der Waals surface area contributed by atoms with Crippen molar-refractivity contribution in [1.82, 2.24) is 14.8 Å². The molecule has 4 rings (SSSR count). The number of hydrogen-bond acceptors (Lipinski definition) is 4. The number of carbonyl (C=O) groups is 2. The van der Waals surface area contributed by atoms with Gasteiger partial charge in [-0.3, -0.25) is 9.59 Å². The summed E-state index contributed by atoms with van der Waals surface area (Å²) in [5, 5.41) is 0. The largest absolute Gasteiger partial charge is 0.374 e. The fourth-order valence-corrected chi connectivity index (χ4v) is 3.73. The summed E-state index contributed by atoms with van der Waals surface area (Å²) in [5.41, 5.74) is 0.922. The van der Waals surface area contributed by atoms with Crippen LogP contribution in [0.1, 0.15) is 20.7 Å². The lowest BCUT2D eigenvalue weighted by Crippen LogP contribution is -2.38. The molecule has 2 fully saturated rings. The van der Waals surface area contributed by atoms with Crippen LogP contribution in [0.25, 0.3) is 0 Å². The molecule has 2 aromatic rings. The molecular weight excluding hydrogens is 349 g/mol. The van der Waals surface area contributed by atoms with Crippen LogP contribution >= 0.6 is 0 Å². The highest BCUT2D eigenvalue weighted by Gasteiger charge is 2.39. The molecule has 1 aromatic carbocycles. The van der Waals surface area contributed by atoms with Gasteiger partial charge in [0.1, 0.15) is 0 Å². The summed E-state index contributed by atoms with van der Waals surface area (Å²) in [7, 11) is 0. The maximum atomic E-state index is 13.3. The van der Waals surface area contributed by atoms with Gasteiger partial charge in [-0.25, -0.2) is 4.98 Å². The molecule has 6 nitrogen and oxygen atoms in total. The Morgan fingerprint density at radius 3 is 2.52 bits per heavy atom. The van der Waals surface area contributed by atoms with Crippen molar-refractivity contribution >= 4 is 11.8 Å². The third-order valence-corrected chi connectivity index (χ3v) is 5.10. The number of aromatic nitrogens is 1. The van der Waals surface area contributed by atoms with E-state index < -0.39 is 5.95 Å². The van der Waals surface area contributed by atoms with Gasteiger partial charge in [0.05, 0.1) is 12.7 Å². The van der Waals surface area contributed by atoms with Crippen LogP contribution < -0.4 is 0 Å². The molecule has 0 unspecified atom stereocenters. The second-order valence-corrected chi connectivity index (χ2v) is 6.86. The second-order valence-electron chi connectivity index (χ2n) is 6.86. The van der Waals surface area contributed by atoms with Gasteiger partial charge in [-0.05, 0) is 18.2 Å². The van der Waals surface area contributed by atoms with Gasteiger partial charge in [-0.15, -0.1) is 0 Å². The monoisotopic (exact) mass is 369 g/mol. The van der Waals surface area contributed by atoms with Gasteiger partial charge in [0, 0.05) is 55.5 Å². The third kappa shape index (κ3) is 3.68. The van der Waals surface area contributed by atoms with Crippen LogP contribution in [0, 0.1) is 11.9 Å². The van der Waals surface area contributed by atoms with Gasteiger partial charge in [-0.1, -0.05) is 18.2 Å². The number of ether oxygens (including phenoxy) is 1. The highest BCUT2D eigenvalue weighted by Crippen LogP contribution is 2.26. The van der Waals surface area contributed by atoms with Crippen LogP contribution in [0.3, 0.4) is 0 Å². The maximum Gasteiger partial charge on any atom is 0.254 e. The van der Waals surface area contributed by atoms with Crippen LogP contribution in [0.2, 0.25) is 0 Å². The average Bonchev–Trinajstić information content (AvgIpc) is 2.99. The average molecular weight is 369 g/mol. The van der Waals surface area contributed by atoms with E-state index in [1.807, 2.05) is 18.2 Å². The first-order valence-corrected chi connectivity index (χ1v) is 8.98. The number of hydrogen-bond donors (Lipinski definition) is 0. The fraction of sp³-hybridized carbons (Fsp3) is 0.350. The number of carbonyl (C=O) groups excluding carboxylic acids is 2. The van der Waals surface area contributed by atoms with Crippen molar-refractivity contribution in [3.63, 3.8) is 0 Å². The van der Waals surface area contributed by atoms with Crippen molar-refractivity contribution in [3.8, 4) is 0 Å². The van der Waals surface area contributed by atoms with E-state index in [0.717, 1.165) is 6.07 Å². The standard InChI is InChI=1S/C20H20FN3O3/c21-18-10-15(6-7-22-18)20(26)24-12-16-11-23(8-9-27-17(16)13-24)19(25)14-4-2-1-3-5-14/h1-7,10,16-17H,8-9,11-13H2/t16-,17+/m0/s1. The molecule has 0 aliphatic carbocycles. The van der Waals surface area contributed by atoms with Crippen LogP contribution in [0.5, 0.6) is 0 Å². The fourth-order valence-electron chi connectivity index (χ4n) is 3.73. The Bertz CT molecular complexity index is 845. The van der Waals surface area contributed by atoms with Gasteiger partial charge >= 0.3 is 0 Å². The minimum Gasteiger partial charge on any atom is -0.374 e. The van der Waals surface area contributed by atoms with Gasteiger partial charge in [0.15, 0.2) is 0 Å². The van der Waals surface area contributed by atoms with Gasteiger partial charge in [-0.2, -0.15) is 4.39 Å². The molecule has 3 heterocycles. The molecule has 2 atom stereocenters. The highest BCUT2D eigenvalue weighted by atomic mass is 19.1. The smallest absolute Gasteiger partial charge is 0.254 e. The minimum atomic E-state index is -0.676. The molecule has 2 saturated heterocycles. The van der Waals surface area contributed by atoms with Crippen molar-refractivity contribution in [2.75, 3.05) is 32.8 Å². The predicted octanol–water partition coefficient (Wildman–Crippen LogP) is 1.83. The molecule has 140 valence electrons. The highest BCUT2D eigenvalue weighted by molar-refractivity contribution is 5.95. The Kier molecular flexibility index (Phi) is 4.85. The molecule has 0 saturated carbocycles. The first-order valence-electron chi connectivity index (χ1n) is 8.98. The molecule has 2 aliphatic heterocycles. The van der Waals surface area contributed by atoms with E-state index in [2.05, 4.69) is 4.98 Å². The van der Waals surface area contributed by atoms with Crippen molar-refractivity contribution in [2.24, 2.45) is 5.92 Å². The molecule has 0 N–H and O–H groups in total. The molecule has 0 bridgehead atoms. The van der Waals surface area contributed by atoms with E-state index in [1.54, 1.807) is 21.9 Å². The summed E-state index contributed by atoms with van der Waals surface area (Å²) >= 11 is 0. The normalized spacial score (nSPS) is 22.3. The number of benzene rings is 1. The van der Waals surface area contributed by atoms with Crippen molar-refractivity contribution in [2.45, 2.75) is 6.10 Å². The second kappa shape index (κ2) is 7.44. The van der Waals surface area contributed by atoms with E-state index in [1.165, 1.54) is 12.3 Å². The zero-order valence-corrected chi connectivity index (χ0v) is 14.8. The summed E-state index contributed by atoms with van der Waals surface area (Å²) in [6.07, 6.45) is 1.17. The molecular formula is C20H20FN3O3. The Labute approximate surface area is 156 Å². The topological polar surface area (TPSA) is 62.7 Å². The van der Waals surface area contributed by atoms with Crippen molar-refractivity contribution in [1.29, 1.82) is 0 Å².